The molecular weight excluding hydrogens is 344 g/mol. The molecule has 138 valence electrons. The molecule has 1 amide bonds. The summed E-state index contributed by atoms with van der Waals surface area (Å²) < 4.78 is 10.9. The van der Waals surface area contributed by atoms with Crippen LogP contribution in [0.4, 0.5) is 0 Å². The monoisotopic (exact) mass is 364 g/mol. The second kappa shape index (κ2) is 8.81. The molecule has 0 bridgehead atoms. The number of nitriles is 1. The third-order valence-corrected chi connectivity index (χ3v) is 4.27. The highest BCUT2D eigenvalue weighted by Crippen LogP contribution is 2.19. The van der Waals surface area contributed by atoms with Crippen LogP contribution in [0.1, 0.15) is 24.1 Å². The van der Waals surface area contributed by atoms with E-state index in [9.17, 15) is 4.79 Å². The number of ether oxygens (including phenoxy) is 2. The summed E-state index contributed by atoms with van der Waals surface area (Å²) in [5, 5.41) is 9.09. The quantitative estimate of drug-likeness (QED) is 0.757. The maximum absolute atomic E-state index is 12.5. The number of benzene rings is 1. The molecule has 1 fully saturated rings. The molecule has 3 rings (SSSR count). The molecule has 1 saturated heterocycles. The van der Waals surface area contributed by atoms with Gasteiger partial charge in [0.15, 0.2) is 0 Å². The first kappa shape index (κ1) is 18.4. The van der Waals surface area contributed by atoms with Gasteiger partial charge in [-0.25, -0.2) is 9.97 Å². The van der Waals surface area contributed by atoms with Crippen LogP contribution in [0.15, 0.2) is 42.7 Å². The molecule has 1 aliphatic rings. The summed E-state index contributed by atoms with van der Waals surface area (Å²) in [6, 6.07) is 9.45. The molecular formula is C20H20N4O3. The summed E-state index contributed by atoms with van der Waals surface area (Å²) in [5.41, 5.74) is 1.08. The molecule has 2 heterocycles. The second-order valence-electron chi connectivity index (χ2n) is 6.09. The third kappa shape index (κ3) is 4.82. The highest BCUT2D eigenvalue weighted by Gasteiger charge is 2.25. The molecule has 1 aromatic carbocycles. The van der Waals surface area contributed by atoms with Gasteiger partial charge in [-0.05, 0) is 36.6 Å². The van der Waals surface area contributed by atoms with E-state index in [0.717, 1.165) is 24.2 Å². The Morgan fingerprint density at radius 1 is 1.30 bits per heavy atom. The molecule has 27 heavy (non-hydrogen) atoms. The molecule has 0 spiro atoms. The summed E-state index contributed by atoms with van der Waals surface area (Å²) in [5.74, 6) is 0.919. The van der Waals surface area contributed by atoms with Crippen LogP contribution in [-0.2, 0) is 4.79 Å². The number of carbonyl (C=O) groups is 1. The molecule has 0 radical (unpaired) electrons. The lowest BCUT2D eigenvalue weighted by molar-refractivity contribution is -0.128. The van der Waals surface area contributed by atoms with Gasteiger partial charge < -0.3 is 14.4 Å². The average Bonchev–Trinajstić information content (AvgIpc) is 2.73. The fraction of sp³-hybridized carbons (Fsp3) is 0.300. The number of methoxy groups -OCH3 is 1. The maximum Gasteiger partial charge on any atom is 0.251 e. The standard InChI is InChI=1S/C20H20N4O3/c1-26-16-7-4-15(5-8-16)6-9-19(25)24-12-2-3-17(14-24)27-20-18(13-21)22-10-11-23-20/h4-11,17H,2-3,12,14H2,1H3/b9-6+/t17-/m0/s1. The minimum atomic E-state index is -0.208. The number of likely N-dealkylation sites (tertiary alicyclic amines) is 1. The third-order valence-electron chi connectivity index (χ3n) is 4.27. The topological polar surface area (TPSA) is 88.3 Å². The molecule has 0 saturated carbocycles. The molecule has 2 aromatic rings. The number of rotatable bonds is 5. The SMILES string of the molecule is COc1ccc(/C=C/C(=O)N2CCC[C@H](Oc3nccnc3C#N)C2)cc1. The van der Waals surface area contributed by atoms with Gasteiger partial charge in [0, 0.05) is 25.0 Å². The van der Waals surface area contributed by atoms with Crippen LogP contribution in [0.25, 0.3) is 6.08 Å². The van der Waals surface area contributed by atoms with E-state index in [2.05, 4.69) is 9.97 Å². The highest BCUT2D eigenvalue weighted by molar-refractivity contribution is 5.91. The summed E-state index contributed by atoms with van der Waals surface area (Å²) in [7, 11) is 1.61. The predicted molar refractivity (Wildman–Crippen MR) is 99.0 cm³/mol. The lowest BCUT2D eigenvalue weighted by Gasteiger charge is -2.32. The van der Waals surface area contributed by atoms with Gasteiger partial charge in [0.25, 0.3) is 5.88 Å². The van der Waals surface area contributed by atoms with Crippen molar-refractivity contribution in [2.45, 2.75) is 18.9 Å². The number of aromatic nitrogens is 2. The zero-order valence-electron chi connectivity index (χ0n) is 15.0. The van der Waals surface area contributed by atoms with E-state index in [1.807, 2.05) is 30.3 Å². The second-order valence-corrected chi connectivity index (χ2v) is 6.09. The summed E-state index contributed by atoms with van der Waals surface area (Å²) in [6.45, 7) is 1.13. The van der Waals surface area contributed by atoms with Crippen molar-refractivity contribution >= 4 is 12.0 Å². The van der Waals surface area contributed by atoms with Crippen molar-refractivity contribution < 1.29 is 14.3 Å². The summed E-state index contributed by atoms with van der Waals surface area (Å²) >= 11 is 0. The van der Waals surface area contributed by atoms with Gasteiger partial charge in [-0.3, -0.25) is 4.79 Å². The van der Waals surface area contributed by atoms with E-state index in [1.54, 1.807) is 24.2 Å². The lowest BCUT2D eigenvalue weighted by Crippen LogP contribution is -2.43. The Bertz CT molecular complexity index is 858. The van der Waals surface area contributed by atoms with Gasteiger partial charge in [-0.15, -0.1) is 0 Å². The van der Waals surface area contributed by atoms with E-state index in [0.29, 0.717) is 13.1 Å². The number of hydrogen-bond acceptors (Lipinski definition) is 6. The Hall–Kier alpha value is -3.40. The number of amides is 1. The predicted octanol–water partition coefficient (Wildman–Crippen LogP) is 2.44. The molecule has 0 N–H and O–H groups in total. The molecule has 1 aromatic heterocycles. The fourth-order valence-corrected chi connectivity index (χ4v) is 2.87. The number of nitrogens with zero attached hydrogens (tertiary/aromatic N) is 4. The van der Waals surface area contributed by atoms with Crippen molar-refractivity contribution in [1.82, 2.24) is 14.9 Å². The molecule has 0 unspecified atom stereocenters. The van der Waals surface area contributed by atoms with Crippen LogP contribution in [0.2, 0.25) is 0 Å². The van der Waals surface area contributed by atoms with Crippen molar-refractivity contribution in [2.24, 2.45) is 0 Å². The van der Waals surface area contributed by atoms with Crippen LogP contribution in [0.3, 0.4) is 0 Å². The minimum Gasteiger partial charge on any atom is -0.497 e. The first-order chi connectivity index (χ1) is 13.2. The van der Waals surface area contributed by atoms with Crippen molar-refractivity contribution in [3.05, 3.63) is 54.0 Å². The molecule has 1 atom stereocenters. The number of hydrogen-bond donors (Lipinski definition) is 0. The highest BCUT2D eigenvalue weighted by atomic mass is 16.5. The Morgan fingerprint density at radius 3 is 2.81 bits per heavy atom. The van der Waals surface area contributed by atoms with Gasteiger partial charge in [0.2, 0.25) is 11.6 Å². The van der Waals surface area contributed by atoms with E-state index in [-0.39, 0.29) is 23.6 Å². The van der Waals surface area contributed by atoms with Crippen molar-refractivity contribution in [2.75, 3.05) is 20.2 Å². The van der Waals surface area contributed by atoms with Gasteiger partial charge in [-0.2, -0.15) is 5.26 Å². The number of piperidine rings is 1. The summed E-state index contributed by atoms with van der Waals surface area (Å²) in [4.78, 5) is 22.3. The molecule has 1 aliphatic heterocycles. The largest absolute Gasteiger partial charge is 0.497 e. The average molecular weight is 364 g/mol. The van der Waals surface area contributed by atoms with Crippen LogP contribution in [-0.4, -0.2) is 47.1 Å². The van der Waals surface area contributed by atoms with Crippen molar-refractivity contribution in [3.8, 4) is 17.7 Å². The van der Waals surface area contributed by atoms with Gasteiger partial charge >= 0.3 is 0 Å². The van der Waals surface area contributed by atoms with E-state index < -0.39 is 0 Å². The van der Waals surface area contributed by atoms with E-state index >= 15 is 0 Å². The first-order valence-corrected chi connectivity index (χ1v) is 8.68. The molecule has 7 nitrogen and oxygen atoms in total. The van der Waals surface area contributed by atoms with Crippen LogP contribution < -0.4 is 9.47 Å². The number of carbonyl (C=O) groups excluding carboxylic acids is 1. The van der Waals surface area contributed by atoms with E-state index in [4.69, 9.17) is 14.7 Å². The van der Waals surface area contributed by atoms with Crippen LogP contribution >= 0.6 is 0 Å². The normalized spacial score (nSPS) is 16.7. The zero-order valence-corrected chi connectivity index (χ0v) is 15.0. The summed E-state index contributed by atoms with van der Waals surface area (Å²) in [6.07, 6.45) is 7.70. The molecule has 7 heteroatoms. The zero-order chi connectivity index (χ0) is 19.1. The minimum absolute atomic E-state index is 0.0706. The molecule has 0 aliphatic carbocycles. The lowest BCUT2D eigenvalue weighted by atomic mass is 10.1. The van der Waals surface area contributed by atoms with Gasteiger partial charge in [-0.1, -0.05) is 12.1 Å². The fourth-order valence-electron chi connectivity index (χ4n) is 2.87. The van der Waals surface area contributed by atoms with Gasteiger partial charge in [0.1, 0.15) is 17.9 Å². The van der Waals surface area contributed by atoms with Crippen LogP contribution in [0.5, 0.6) is 11.6 Å². The van der Waals surface area contributed by atoms with Crippen molar-refractivity contribution in [1.29, 1.82) is 5.26 Å². The Labute approximate surface area is 157 Å². The Balaban J connectivity index is 1.60. The maximum atomic E-state index is 12.5. The smallest absolute Gasteiger partial charge is 0.251 e. The first-order valence-electron chi connectivity index (χ1n) is 8.68. The Kier molecular flexibility index (Phi) is 6.00. The van der Waals surface area contributed by atoms with Crippen molar-refractivity contribution in [3.63, 3.8) is 0 Å². The van der Waals surface area contributed by atoms with E-state index in [1.165, 1.54) is 12.4 Å². The van der Waals surface area contributed by atoms with Gasteiger partial charge in [0.05, 0.1) is 13.7 Å². The van der Waals surface area contributed by atoms with Crippen LogP contribution in [0, 0.1) is 11.3 Å². The Morgan fingerprint density at radius 2 is 2.07 bits per heavy atom.